The van der Waals surface area contributed by atoms with E-state index in [0.29, 0.717) is 0 Å². The van der Waals surface area contributed by atoms with Crippen LogP contribution in [0.1, 0.15) is 32.6 Å². The highest BCUT2D eigenvalue weighted by molar-refractivity contribution is 7.09. The van der Waals surface area contributed by atoms with Crippen molar-refractivity contribution in [1.29, 1.82) is 0 Å². The van der Waals surface area contributed by atoms with Gasteiger partial charge in [0.15, 0.2) is 0 Å². The number of hydrogen-bond acceptors (Lipinski definition) is 1. The van der Waals surface area contributed by atoms with Gasteiger partial charge >= 0.3 is 0 Å². The maximum absolute atomic E-state index is 5.18. The van der Waals surface area contributed by atoms with Gasteiger partial charge in [-0.2, -0.15) is 0 Å². The third kappa shape index (κ3) is 4.79. The van der Waals surface area contributed by atoms with Gasteiger partial charge in [-0.05, 0) is 12.8 Å². The molecule has 0 aliphatic rings. The minimum absolute atomic E-state index is 0.00319. The molecule has 0 N–H and O–H groups in total. The van der Waals surface area contributed by atoms with Crippen LogP contribution in [0.5, 0.6) is 0 Å². The lowest BCUT2D eigenvalue weighted by Gasteiger charge is -2.05. The second kappa shape index (κ2) is 7.06. The molecule has 0 fully saturated rings. The highest BCUT2D eigenvalue weighted by atomic mass is 31.0. The van der Waals surface area contributed by atoms with E-state index in [4.69, 9.17) is 10.9 Å². The van der Waals surface area contributed by atoms with Crippen LogP contribution < -0.4 is 0 Å². The van der Waals surface area contributed by atoms with E-state index in [9.17, 15) is 0 Å². The summed E-state index contributed by atoms with van der Waals surface area (Å²) >= 11 is 0. The normalized spacial score (nSPS) is 12.5. The lowest BCUT2D eigenvalue weighted by molar-refractivity contribution is 0.285. The number of rotatable bonds is 5. The van der Waals surface area contributed by atoms with Crippen LogP contribution in [0.2, 0.25) is 0 Å². The van der Waals surface area contributed by atoms with E-state index < -0.39 is 0 Å². The summed E-state index contributed by atoms with van der Waals surface area (Å²) in [5.74, 6) is 2.57. The summed E-state index contributed by atoms with van der Waals surface area (Å²) < 4.78 is 4.93. The zero-order valence-corrected chi connectivity index (χ0v) is 7.62. The molecule has 0 bridgehead atoms. The van der Waals surface area contributed by atoms with Gasteiger partial charge in [-0.1, -0.05) is 25.7 Å². The van der Waals surface area contributed by atoms with Gasteiger partial charge in [0, 0.05) is 9.47 Å². The van der Waals surface area contributed by atoms with Gasteiger partial charge in [-0.3, -0.25) is 0 Å². The Labute approximate surface area is 65.8 Å². The molecule has 2 unspecified atom stereocenters. The van der Waals surface area contributed by atoms with Crippen LogP contribution in [0.3, 0.4) is 0 Å². The maximum Gasteiger partial charge on any atom is 0.121 e. The SMILES string of the molecule is C#CC(CCCCC)OP. The van der Waals surface area contributed by atoms with Crippen molar-refractivity contribution in [3.63, 3.8) is 0 Å². The molecule has 0 aromatic rings. The number of hydrogen-bond donors (Lipinski definition) is 0. The van der Waals surface area contributed by atoms with E-state index in [1.54, 1.807) is 0 Å². The first kappa shape index (κ1) is 9.95. The van der Waals surface area contributed by atoms with Crippen LogP contribution in [-0.2, 0) is 4.52 Å². The third-order valence-corrected chi connectivity index (χ3v) is 1.75. The van der Waals surface area contributed by atoms with Crippen molar-refractivity contribution in [2.75, 3.05) is 0 Å². The molecule has 2 atom stereocenters. The van der Waals surface area contributed by atoms with Gasteiger partial charge < -0.3 is 4.52 Å². The van der Waals surface area contributed by atoms with Crippen LogP contribution in [0.25, 0.3) is 0 Å². The van der Waals surface area contributed by atoms with Crippen LogP contribution in [0.15, 0.2) is 0 Å². The molecule has 0 aliphatic heterocycles. The topological polar surface area (TPSA) is 9.23 Å². The molecule has 0 aliphatic carbocycles. The first-order valence-electron chi connectivity index (χ1n) is 3.66. The van der Waals surface area contributed by atoms with E-state index in [1.165, 1.54) is 19.3 Å². The Bertz CT molecular complexity index is 106. The predicted octanol–water partition coefficient (Wildman–Crippen LogP) is 2.38. The zero-order valence-electron chi connectivity index (χ0n) is 6.47. The van der Waals surface area contributed by atoms with Crippen molar-refractivity contribution in [1.82, 2.24) is 0 Å². The summed E-state index contributed by atoms with van der Waals surface area (Å²) in [6.07, 6.45) is 9.79. The van der Waals surface area contributed by atoms with E-state index in [0.717, 1.165) is 6.42 Å². The Morgan fingerprint density at radius 3 is 2.70 bits per heavy atom. The molecule has 0 spiro atoms. The van der Waals surface area contributed by atoms with Gasteiger partial charge in [-0.15, -0.1) is 6.42 Å². The molecule has 0 rings (SSSR count). The molecule has 0 amide bonds. The number of terminal acetylenes is 1. The van der Waals surface area contributed by atoms with Crippen LogP contribution >= 0.6 is 9.47 Å². The van der Waals surface area contributed by atoms with Gasteiger partial charge in [0.25, 0.3) is 0 Å². The highest BCUT2D eigenvalue weighted by Crippen LogP contribution is 2.07. The zero-order chi connectivity index (χ0) is 7.82. The van der Waals surface area contributed by atoms with E-state index >= 15 is 0 Å². The van der Waals surface area contributed by atoms with Gasteiger partial charge in [0.05, 0.1) is 0 Å². The second-order valence-corrected chi connectivity index (χ2v) is 2.56. The van der Waals surface area contributed by atoms with Crippen molar-refractivity contribution in [3.8, 4) is 12.3 Å². The van der Waals surface area contributed by atoms with Crippen LogP contribution in [0.4, 0.5) is 0 Å². The largest absolute Gasteiger partial charge is 0.350 e. The molecule has 10 heavy (non-hydrogen) atoms. The summed E-state index contributed by atoms with van der Waals surface area (Å²) in [7, 11) is 2.21. The van der Waals surface area contributed by atoms with Crippen molar-refractivity contribution < 1.29 is 4.52 Å². The predicted molar refractivity (Wildman–Crippen MR) is 47.6 cm³/mol. The molecule has 0 saturated carbocycles. The van der Waals surface area contributed by atoms with Gasteiger partial charge in [-0.25, -0.2) is 0 Å². The molecule has 0 aromatic heterocycles. The number of unbranched alkanes of at least 4 members (excludes halogenated alkanes) is 2. The molecule has 2 heteroatoms. The van der Waals surface area contributed by atoms with Crippen molar-refractivity contribution in [2.45, 2.75) is 38.7 Å². The van der Waals surface area contributed by atoms with Gasteiger partial charge in [0.1, 0.15) is 6.10 Å². The van der Waals surface area contributed by atoms with E-state index in [2.05, 4.69) is 22.3 Å². The summed E-state index contributed by atoms with van der Waals surface area (Å²) in [6.45, 7) is 2.17. The Hall–Kier alpha value is -0.0500. The fourth-order valence-electron chi connectivity index (χ4n) is 0.770. The quantitative estimate of drug-likeness (QED) is 0.339. The lowest BCUT2D eigenvalue weighted by atomic mass is 10.1. The van der Waals surface area contributed by atoms with Gasteiger partial charge in [0.2, 0.25) is 0 Å². The third-order valence-electron chi connectivity index (χ3n) is 1.42. The summed E-state index contributed by atoms with van der Waals surface area (Å²) in [4.78, 5) is 0. The fourth-order valence-corrected chi connectivity index (χ4v) is 0.985. The smallest absolute Gasteiger partial charge is 0.121 e. The molecule has 0 aromatic carbocycles. The van der Waals surface area contributed by atoms with Crippen molar-refractivity contribution >= 4 is 9.47 Å². The Morgan fingerprint density at radius 2 is 2.30 bits per heavy atom. The standard InChI is InChI=1S/C8H15OP/c1-3-5-6-7-8(4-2)9-10/h2,8H,3,5-7,10H2,1H3. The molecule has 58 valence electrons. The lowest BCUT2D eigenvalue weighted by Crippen LogP contribution is -2.02. The summed E-state index contributed by atoms with van der Waals surface area (Å²) in [5, 5.41) is 0. The first-order valence-corrected chi connectivity index (χ1v) is 4.14. The minimum atomic E-state index is -0.00319. The first-order chi connectivity index (χ1) is 4.85. The molecule has 0 radical (unpaired) electrons. The second-order valence-electron chi connectivity index (χ2n) is 2.29. The monoisotopic (exact) mass is 158 g/mol. The average Bonchev–Trinajstić information content (AvgIpc) is 1.99. The van der Waals surface area contributed by atoms with E-state index in [-0.39, 0.29) is 6.10 Å². The maximum atomic E-state index is 5.18. The minimum Gasteiger partial charge on any atom is -0.350 e. The Balaban J connectivity index is 3.20. The van der Waals surface area contributed by atoms with E-state index in [1.807, 2.05) is 0 Å². The highest BCUT2D eigenvalue weighted by Gasteiger charge is 1.99. The summed E-state index contributed by atoms with van der Waals surface area (Å²) in [5.41, 5.74) is 0. The van der Waals surface area contributed by atoms with Crippen molar-refractivity contribution in [3.05, 3.63) is 0 Å². The van der Waals surface area contributed by atoms with Crippen LogP contribution in [0, 0.1) is 12.3 Å². The van der Waals surface area contributed by atoms with Crippen LogP contribution in [-0.4, -0.2) is 6.10 Å². The Kier molecular flexibility index (Phi) is 7.03. The Morgan fingerprint density at radius 1 is 1.60 bits per heavy atom. The fraction of sp³-hybridized carbons (Fsp3) is 0.750. The molecular weight excluding hydrogens is 143 g/mol. The molecular formula is C8H15OP. The average molecular weight is 158 g/mol. The molecule has 0 heterocycles. The summed E-state index contributed by atoms with van der Waals surface area (Å²) in [6, 6.07) is 0. The molecule has 0 saturated heterocycles. The molecule has 1 nitrogen and oxygen atoms in total. The van der Waals surface area contributed by atoms with Crippen molar-refractivity contribution in [2.24, 2.45) is 0 Å².